The first-order valence-electron chi connectivity index (χ1n) is 6.76. The van der Waals surface area contributed by atoms with E-state index >= 15 is 0 Å². The van der Waals surface area contributed by atoms with Crippen molar-refractivity contribution in [2.75, 3.05) is 0 Å². The molecular formula is C16H13ClFNO2. The third-order valence-electron chi connectivity index (χ3n) is 3.75. The molecule has 0 amide bonds. The molecule has 5 heteroatoms. The number of hydrogen-bond acceptors (Lipinski definition) is 2. The van der Waals surface area contributed by atoms with Crippen molar-refractivity contribution in [3.63, 3.8) is 0 Å². The Labute approximate surface area is 126 Å². The Hall–Kier alpha value is -1.94. The van der Waals surface area contributed by atoms with Crippen LogP contribution >= 0.6 is 11.6 Å². The van der Waals surface area contributed by atoms with Crippen LogP contribution in [0.15, 0.2) is 35.1 Å². The monoisotopic (exact) mass is 305 g/mol. The predicted octanol–water partition coefficient (Wildman–Crippen LogP) is 3.21. The van der Waals surface area contributed by atoms with Gasteiger partial charge < -0.3 is 4.57 Å². The van der Waals surface area contributed by atoms with E-state index in [0.29, 0.717) is 29.0 Å². The highest BCUT2D eigenvalue weighted by Crippen LogP contribution is 2.22. The maximum absolute atomic E-state index is 13.4. The molecular weight excluding hydrogens is 293 g/mol. The van der Waals surface area contributed by atoms with Crippen LogP contribution in [0.1, 0.15) is 34.5 Å². The van der Waals surface area contributed by atoms with Crippen molar-refractivity contribution < 1.29 is 9.18 Å². The van der Waals surface area contributed by atoms with Crippen LogP contribution in [0.25, 0.3) is 0 Å². The van der Waals surface area contributed by atoms with Crippen LogP contribution in [0.5, 0.6) is 0 Å². The number of fused-ring (bicyclic) bond motifs is 1. The normalized spacial score (nSPS) is 14.1. The highest BCUT2D eigenvalue weighted by atomic mass is 35.5. The number of halogens is 2. The summed E-state index contributed by atoms with van der Waals surface area (Å²) in [7, 11) is 0. The molecule has 0 N–H and O–H groups in total. The average Bonchev–Trinajstić information content (AvgIpc) is 2.46. The van der Waals surface area contributed by atoms with Crippen molar-refractivity contribution in [2.45, 2.75) is 25.8 Å². The molecule has 1 aromatic heterocycles. The molecule has 0 radical (unpaired) electrons. The van der Waals surface area contributed by atoms with E-state index in [4.69, 9.17) is 11.6 Å². The summed E-state index contributed by atoms with van der Waals surface area (Å²) >= 11 is 6.06. The number of nitrogens with zero attached hydrogens (tertiary/aromatic N) is 1. The molecule has 0 bridgehead atoms. The lowest BCUT2D eigenvalue weighted by atomic mass is 9.94. The van der Waals surface area contributed by atoms with Crippen molar-refractivity contribution in [2.24, 2.45) is 0 Å². The number of Topliss-reactive ketones (excluding diaryl/α,β-unsaturated/α-hetero) is 1. The molecule has 0 saturated heterocycles. The molecule has 1 aliphatic rings. The lowest BCUT2D eigenvalue weighted by Crippen LogP contribution is -2.28. The van der Waals surface area contributed by atoms with Gasteiger partial charge in [0.15, 0.2) is 5.78 Å². The fraction of sp³-hybridized carbons (Fsp3) is 0.250. The van der Waals surface area contributed by atoms with E-state index in [0.717, 1.165) is 12.1 Å². The van der Waals surface area contributed by atoms with Crippen LogP contribution in [0, 0.1) is 5.82 Å². The Kier molecular flexibility index (Phi) is 3.64. The van der Waals surface area contributed by atoms with Crippen LogP contribution in [0.3, 0.4) is 0 Å². The maximum atomic E-state index is 13.4. The van der Waals surface area contributed by atoms with Crippen LogP contribution in [-0.2, 0) is 13.0 Å². The highest BCUT2D eigenvalue weighted by Gasteiger charge is 2.21. The number of hydrogen-bond donors (Lipinski definition) is 0. The maximum Gasteiger partial charge on any atom is 0.251 e. The fourth-order valence-corrected chi connectivity index (χ4v) is 2.88. The van der Waals surface area contributed by atoms with E-state index in [1.807, 2.05) is 0 Å². The molecule has 0 atom stereocenters. The highest BCUT2D eigenvalue weighted by molar-refractivity contribution is 6.31. The van der Waals surface area contributed by atoms with Gasteiger partial charge in [-0.25, -0.2) is 4.39 Å². The first-order valence-corrected chi connectivity index (χ1v) is 7.14. The van der Waals surface area contributed by atoms with Gasteiger partial charge in [-0.2, -0.15) is 0 Å². The second-order valence-electron chi connectivity index (χ2n) is 5.13. The standard InChI is InChI=1S/C16H13ClFNO2/c17-13-6-4-11(18)8-10(13)9-19-14-2-1-3-15(20)12(14)5-7-16(19)21/h4-8H,1-3,9H2. The first kappa shape index (κ1) is 14.0. The molecule has 2 aromatic rings. The summed E-state index contributed by atoms with van der Waals surface area (Å²) in [6.07, 6.45) is 1.90. The molecule has 1 aliphatic carbocycles. The lowest BCUT2D eigenvalue weighted by molar-refractivity contribution is 0.0970. The number of rotatable bonds is 2. The Bertz CT molecular complexity index is 782. The minimum absolute atomic E-state index is 0.0512. The molecule has 0 unspecified atom stereocenters. The number of carbonyl (C=O) groups excluding carboxylic acids is 1. The zero-order valence-electron chi connectivity index (χ0n) is 11.2. The molecule has 1 heterocycles. The van der Waals surface area contributed by atoms with Gasteiger partial charge in [0.2, 0.25) is 0 Å². The zero-order valence-corrected chi connectivity index (χ0v) is 12.0. The third-order valence-corrected chi connectivity index (χ3v) is 4.12. The Morgan fingerprint density at radius 2 is 1.95 bits per heavy atom. The van der Waals surface area contributed by atoms with Crippen molar-refractivity contribution in [1.29, 1.82) is 0 Å². The van der Waals surface area contributed by atoms with Crippen molar-refractivity contribution in [3.05, 3.63) is 68.3 Å². The van der Waals surface area contributed by atoms with Gasteiger partial charge in [-0.05, 0) is 42.7 Å². The quantitative estimate of drug-likeness (QED) is 0.854. The molecule has 21 heavy (non-hydrogen) atoms. The van der Waals surface area contributed by atoms with Crippen LogP contribution in [0.4, 0.5) is 4.39 Å². The number of pyridine rings is 1. The summed E-state index contributed by atoms with van der Waals surface area (Å²) in [5, 5.41) is 0.406. The van der Waals surface area contributed by atoms with E-state index in [-0.39, 0.29) is 17.9 Å². The lowest BCUT2D eigenvalue weighted by Gasteiger charge is -2.20. The fourth-order valence-electron chi connectivity index (χ4n) is 2.70. The van der Waals surface area contributed by atoms with E-state index in [9.17, 15) is 14.0 Å². The van der Waals surface area contributed by atoms with Crippen molar-refractivity contribution >= 4 is 17.4 Å². The number of ketones is 1. The van der Waals surface area contributed by atoms with Gasteiger partial charge >= 0.3 is 0 Å². The van der Waals surface area contributed by atoms with Gasteiger partial charge in [-0.15, -0.1) is 0 Å². The second-order valence-corrected chi connectivity index (χ2v) is 5.54. The van der Waals surface area contributed by atoms with Crippen LogP contribution < -0.4 is 5.56 Å². The van der Waals surface area contributed by atoms with Gasteiger partial charge in [0.1, 0.15) is 5.82 Å². The summed E-state index contributed by atoms with van der Waals surface area (Å²) in [6, 6.07) is 7.04. The Morgan fingerprint density at radius 1 is 1.14 bits per heavy atom. The molecule has 0 aliphatic heterocycles. The Balaban J connectivity index is 2.10. The number of carbonyl (C=O) groups is 1. The molecule has 1 aromatic carbocycles. The van der Waals surface area contributed by atoms with Crippen LogP contribution in [-0.4, -0.2) is 10.4 Å². The first-order chi connectivity index (χ1) is 10.1. The third kappa shape index (κ3) is 2.63. The minimum atomic E-state index is -0.400. The summed E-state index contributed by atoms with van der Waals surface area (Å²) in [5.74, 6) is -0.348. The molecule has 0 saturated carbocycles. The van der Waals surface area contributed by atoms with Crippen molar-refractivity contribution in [1.82, 2.24) is 4.57 Å². The van der Waals surface area contributed by atoms with Gasteiger partial charge in [0.25, 0.3) is 5.56 Å². The van der Waals surface area contributed by atoms with E-state index in [1.54, 1.807) is 6.07 Å². The molecule has 3 rings (SSSR count). The summed E-state index contributed by atoms with van der Waals surface area (Å²) in [6.45, 7) is 0.172. The Morgan fingerprint density at radius 3 is 2.76 bits per heavy atom. The van der Waals surface area contributed by atoms with E-state index in [2.05, 4.69) is 0 Å². The number of aromatic nitrogens is 1. The predicted molar refractivity (Wildman–Crippen MR) is 78.5 cm³/mol. The van der Waals surface area contributed by atoms with Gasteiger partial charge in [-0.1, -0.05) is 11.6 Å². The van der Waals surface area contributed by atoms with Gasteiger partial charge in [0, 0.05) is 28.8 Å². The van der Waals surface area contributed by atoms with E-state index in [1.165, 1.54) is 28.8 Å². The summed E-state index contributed by atoms with van der Waals surface area (Å²) in [4.78, 5) is 24.0. The van der Waals surface area contributed by atoms with Crippen molar-refractivity contribution in [3.8, 4) is 0 Å². The molecule has 0 spiro atoms. The SMILES string of the molecule is O=C1CCCc2c1ccc(=O)n2Cc1cc(F)ccc1Cl. The number of benzene rings is 1. The summed E-state index contributed by atoms with van der Waals surface area (Å²) < 4.78 is 14.9. The summed E-state index contributed by atoms with van der Waals surface area (Å²) in [5.41, 5.74) is 1.64. The van der Waals surface area contributed by atoms with Crippen LogP contribution in [0.2, 0.25) is 5.02 Å². The molecule has 108 valence electrons. The molecule has 3 nitrogen and oxygen atoms in total. The largest absolute Gasteiger partial charge is 0.307 e. The smallest absolute Gasteiger partial charge is 0.251 e. The zero-order chi connectivity index (χ0) is 15.0. The topological polar surface area (TPSA) is 39.1 Å². The van der Waals surface area contributed by atoms with Gasteiger partial charge in [0.05, 0.1) is 6.54 Å². The average molecular weight is 306 g/mol. The van der Waals surface area contributed by atoms with E-state index < -0.39 is 5.82 Å². The second kappa shape index (κ2) is 5.45. The van der Waals surface area contributed by atoms with Gasteiger partial charge in [-0.3, -0.25) is 9.59 Å². The minimum Gasteiger partial charge on any atom is -0.307 e. The molecule has 0 fully saturated rings.